The van der Waals surface area contributed by atoms with Crippen LogP contribution in [0.3, 0.4) is 0 Å². The lowest BCUT2D eigenvalue weighted by Gasteiger charge is -2.21. The van der Waals surface area contributed by atoms with Gasteiger partial charge >= 0.3 is 0 Å². The molecule has 0 saturated carbocycles. The Labute approximate surface area is 107 Å². The van der Waals surface area contributed by atoms with E-state index in [9.17, 15) is 12.8 Å². The number of benzene rings is 1. The molecule has 0 amide bonds. The summed E-state index contributed by atoms with van der Waals surface area (Å²) in [4.78, 5) is -0.265. The van der Waals surface area contributed by atoms with Gasteiger partial charge in [0, 0.05) is 19.1 Å². The Balaban J connectivity index is 2.46. The molecule has 6 heteroatoms. The smallest absolute Gasteiger partial charge is 0.246 e. The highest BCUT2D eigenvalue weighted by Crippen LogP contribution is 2.27. The van der Waals surface area contributed by atoms with Crippen molar-refractivity contribution in [2.24, 2.45) is 5.73 Å². The first-order valence-corrected chi connectivity index (χ1v) is 7.41. The zero-order valence-corrected chi connectivity index (χ0v) is 11.1. The minimum absolute atomic E-state index is 0.0732. The van der Waals surface area contributed by atoms with Crippen molar-refractivity contribution >= 4 is 10.0 Å². The quantitative estimate of drug-likeness (QED) is 0.906. The summed E-state index contributed by atoms with van der Waals surface area (Å²) in [5, 5.41) is 0. The Bertz CT molecular complexity index is 545. The van der Waals surface area contributed by atoms with Crippen LogP contribution in [-0.4, -0.2) is 25.3 Å². The molecule has 1 aromatic carbocycles. The summed E-state index contributed by atoms with van der Waals surface area (Å²) < 4.78 is 39.9. The van der Waals surface area contributed by atoms with Gasteiger partial charge in [0.25, 0.3) is 0 Å². The second kappa shape index (κ2) is 4.95. The van der Waals surface area contributed by atoms with Gasteiger partial charge in [-0.1, -0.05) is 6.07 Å². The molecule has 0 bridgehead atoms. The average molecular weight is 272 g/mol. The molecule has 1 unspecified atom stereocenters. The summed E-state index contributed by atoms with van der Waals surface area (Å²) in [6, 6.07) is 3.92. The van der Waals surface area contributed by atoms with Crippen molar-refractivity contribution in [3.63, 3.8) is 0 Å². The molecule has 1 saturated heterocycles. The van der Waals surface area contributed by atoms with Crippen LogP contribution in [0, 0.1) is 5.82 Å². The van der Waals surface area contributed by atoms with E-state index in [1.54, 1.807) is 0 Å². The van der Waals surface area contributed by atoms with Crippen LogP contribution >= 0.6 is 0 Å². The van der Waals surface area contributed by atoms with Gasteiger partial charge in [0.15, 0.2) is 0 Å². The first-order valence-electron chi connectivity index (χ1n) is 5.97. The molecule has 2 N–H and O–H groups in total. The maximum atomic E-state index is 13.7. The van der Waals surface area contributed by atoms with E-state index in [4.69, 9.17) is 5.73 Å². The second-order valence-corrected chi connectivity index (χ2v) is 6.43. The fraction of sp³-hybridized carbons (Fsp3) is 0.500. The van der Waals surface area contributed by atoms with E-state index in [0.717, 1.165) is 18.9 Å². The molecule has 2 rings (SSSR count). The zero-order chi connectivity index (χ0) is 13.3. The van der Waals surface area contributed by atoms with Gasteiger partial charge in [-0.25, -0.2) is 12.8 Å². The first-order chi connectivity index (χ1) is 8.46. The topological polar surface area (TPSA) is 63.4 Å². The summed E-state index contributed by atoms with van der Waals surface area (Å²) in [5.41, 5.74) is 6.07. The molecule has 0 aromatic heterocycles. The Morgan fingerprint density at radius 1 is 1.50 bits per heavy atom. The monoisotopic (exact) mass is 272 g/mol. The molecule has 1 aliphatic rings. The van der Waals surface area contributed by atoms with Gasteiger partial charge in [0.2, 0.25) is 10.0 Å². The van der Waals surface area contributed by atoms with Crippen molar-refractivity contribution in [2.75, 3.05) is 6.54 Å². The molecule has 0 radical (unpaired) electrons. The largest absolute Gasteiger partial charge is 0.326 e. The first kappa shape index (κ1) is 13.5. The molecule has 0 spiro atoms. The van der Waals surface area contributed by atoms with Crippen molar-refractivity contribution in [1.82, 2.24) is 4.31 Å². The highest BCUT2D eigenvalue weighted by Gasteiger charge is 2.34. The van der Waals surface area contributed by atoms with E-state index in [-0.39, 0.29) is 17.5 Å². The van der Waals surface area contributed by atoms with E-state index >= 15 is 0 Å². The maximum absolute atomic E-state index is 13.7. The van der Waals surface area contributed by atoms with Crippen LogP contribution in [0.2, 0.25) is 0 Å². The predicted molar refractivity (Wildman–Crippen MR) is 66.9 cm³/mol. The van der Waals surface area contributed by atoms with E-state index in [2.05, 4.69) is 0 Å². The SMILES string of the molecule is CC1CCCN1S(=O)(=O)c1cc(CN)ccc1F. The fourth-order valence-electron chi connectivity index (χ4n) is 2.26. The van der Waals surface area contributed by atoms with Gasteiger partial charge in [0.1, 0.15) is 10.7 Å². The Morgan fingerprint density at radius 3 is 2.78 bits per heavy atom. The predicted octanol–water partition coefficient (Wildman–Crippen LogP) is 1.46. The average Bonchev–Trinajstić information content (AvgIpc) is 2.76. The number of sulfonamides is 1. The third-order valence-electron chi connectivity index (χ3n) is 3.31. The highest BCUT2D eigenvalue weighted by atomic mass is 32.2. The number of rotatable bonds is 3. The summed E-state index contributed by atoms with van der Waals surface area (Å²) >= 11 is 0. The molecule has 1 atom stereocenters. The zero-order valence-electron chi connectivity index (χ0n) is 10.3. The summed E-state index contributed by atoms with van der Waals surface area (Å²) in [5.74, 6) is -0.716. The second-order valence-electron chi connectivity index (χ2n) is 4.58. The number of halogens is 1. The van der Waals surface area contributed by atoms with Gasteiger partial charge in [0.05, 0.1) is 0 Å². The molecule has 0 aliphatic carbocycles. The summed E-state index contributed by atoms with van der Waals surface area (Å²) in [7, 11) is -3.75. The highest BCUT2D eigenvalue weighted by molar-refractivity contribution is 7.89. The van der Waals surface area contributed by atoms with Gasteiger partial charge in [-0.05, 0) is 37.5 Å². The van der Waals surface area contributed by atoms with Crippen LogP contribution in [0.25, 0.3) is 0 Å². The van der Waals surface area contributed by atoms with Crippen LogP contribution in [0.15, 0.2) is 23.1 Å². The van der Waals surface area contributed by atoms with Gasteiger partial charge in [-0.3, -0.25) is 0 Å². The minimum Gasteiger partial charge on any atom is -0.326 e. The van der Waals surface area contributed by atoms with Crippen LogP contribution in [0.1, 0.15) is 25.3 Å². The normalized spacial score (nSPS) is 21.4. The van der Waals surface area contributed by atoms with Crippen molar-refractivity contribution in [3.8, 4) is 0 Å². The van der Waals surface area contributed by atoms with Crippen LogP contribution in [0.5, 0.6) is 0 Å². The maximum Gasteiger partial charge on any atom is 0.246 e. The van der Waals surface area contributed by atoms with Crippen molar-refractivity contribution in [2.45, 2.75) is 37.2 Å². The van der Waals surface area contributed by atoms with E-state index in [0.29, 0.717) is 12.1 Å². The van der Waals surface area contributed by atoms with Gasteiger partial charge < -0.3 is 5.73 Å². The standard InChI is InChI=1S/C12H17FN2O2S/c1-9-3-2-6-15(9)18(16,17)12-7-10(8-14)4-5-11(12)13/h4-5,7,9H,2-3,6,8,14H2,1H3. The van der Waals surface area contributed by atoms with Crippen molar-refractivity contribution in [3.05, 3.63) is 29.6 Å². The lowest BCUT2D eigenvalue weighted by atomic mass is 10.2. The Kier molecular flexibility index (Phi) is 3.70. The lowest BCUT2D eigenvalue weighted by Crippen LogP contribution is -2.34. The number of hydrogen-bond donors (Lipinski definition) is 1. The molecule has 4 nitrogen and oxygen atoms in total. The van der Waals surface area contributed by atoms with Crippen LogP contribution in [0.4, 0.5) is 4.39 Å². The van der Waals surface area contributed by atoms with Crippen LogP contribution in [-0.2, 0) is 16.6 Å². The van der Waals surface area contributed by atoms with Crippen molar-refractivity contribution in [1.29, 1.82) is 0 Å². The third kappa shape index (κ3) is 2.28. The molecular weight excluding hydrogens is 255 g/mol. The lowest BCUT2D eigenvalue weighted by molar-refractivity contribution is 0.405. The Morgan fingerprint density at radius 2 is 2.22 bits per heavy atom. The van der Waals surface area contributed by atoms with E-state index < -0.39 is 15.8 Å². The van der Waals surface area contributed by atoms with E-state index in [1.165, 1.54) is 16.4 Å². The molecule has 18 heavy (non-hydrogen) atoms. The van der Waals surface area contributed by atoms with E-state index in [1.807, 2.05) is 6.92 Å². The van der Waals surface area contributed by atoms with Crippen molar-refractivity contribution < 1.29 is 12.8 Å². The summed E-state index contributed by atoms with van der Waals surface area (Å²) in [6.07, 6.45) is 1.63. The molecule has 1 fully saturated rings. The molecule has 1 aromatic rings. The molecule has 1 aliphatic heterocycles. The Hall–Kier alpha value is -0.980. The number of nitrogens with two attached hydrogens (primary N) is 1. The number of nitrogens with zero attached hydrogens (tertiary/aromatic N) is 1. The molecule has 1 heterocycles. The minimum atomic E-state index is -3.75. The molecular formula is C12H17FN2O2S. The third-order valence-corrected chi connectivity index (χ3v) is 5.34. The fourth-order valence-corrected chi connectivity index (χ4v) is 4.08. The summed E-state index contributed by atoms with van der Waals surface area (Å²) in [6.45, 7) is 2.49. The number of hydrogen-bond acceptors (Lipinski definition) is 3. The van der Waals surface area contributed by atoms with Gasteiger partial charge in [-0.2, -0.15) is 4.31 Å². The molecule has 100 valence electrons. The van der Waals surface area contributed by atoms with Gasteiger partial charge in [-0.15, -0.1) is 0 Å². The van der Waals surface area contributed by atoms with Crippen LogP contribution < -0.4 is 5.73 Å².